The molecule has 4 rings (SSSR count). The highest BCUT2D eigenvalue weighted by Crippen LogP contribution is 2.42. The molecule has 1 aliphatic heterocycles. The molecule has 0 saturated carbocycles. The highest BCUT2D eigenvalue weighted by atomic mass is 32.2. The molecular weight excluding hydrogens is 518 g/mol. The number of carbonyl (C=O) groups is 2. The van der Waals surface area contributed by atoms with E-state index in [2.05, 4.69) is 5.32 Å². The van der Waals surface area contributed by atoms with Gasteiger partial charge >= 0.3 is 11.9 Å². The SMILES string of the molecule is Cc1c(-c2cccc(OC(C3CCNCC3)S(=O)(=O)c3ccccc3)c2)sc(C(=O)O)c1OCC(=O)O. The summed E-state index contributed by atoms with van der Waals surface area (Å²) in [5.41, 5.74) is -0.0119. The van der Waals surface area contributed by atoms with E-state index in [1.54, 1.807) is 61.5 Å². The van der Waals surface area contributed by atoms with Crippen LogP contribution in [-0.2, 0) is 14.6 Å². The zero-order chi connectivity index (χ0) is 26.6. The number of ether oxygens (including phenoxy) is 2. The highest BCUT2D eigenvalue weighted by molar-refractivity contribution is 7.92. The first-order valence-corrected chi connectivity index (χ1v) is 14.0. The fourth-order valence-corrected chi connectivity index (χ4v) is 7.25. The molecule has 37 heavy (non-hydrogen) atoms. The summed E-state index contributed by atoms with van der Waals surface area (Å²) in [6, 6.07) is 15.0. The first kappa shape index (κ1) is 26.6. The van der Waals surface area contributed by atoms with Crippen LogP contribution in [0.25, 0.3) is 10.4 Å². The van der Waals surface area contributed by atoms with Gasteiger partial charge in [0.15, 0.2) is 11.5 Å². The lowest BCUT2D eigenvalue weighted by Gasteiger charge is -2.31. The first-order valence-electron chi connectivity index (χ1n) is 11.7. The van der Waals surface area contributed by atoms with Gasteiger partial charge in [0.25, 0.3) is 0 Å². The van der Waals surface area contributed by atoms with Gasteiger partial charge in [-0.05, 0) is 62.7 Å². The number of sulfone groups is 1. The van der Waals surface area contributed by atoms with Gasteiger partial charge in [-0.2, -0.15) is 0 Å². The van der Waals surface area contributed by atoms with Crippen LogP contribution in [-0.4, -0.2) is 55.7 Å². The smallest absolute Gasteiger partial charge is 0.349 e. The molecule has 0 radical (unpaired) electrons. The molecule has 3 N–H and O–H groups in total. The van der Waals surface area contributed by atoms with Crippen molar-refractivity contribution >= 4 is 33.1 Å². The van der Waals surface area contributed by atoms with Crippen molar-refractivity contribution in [1.29, 1.82) is 0 Å². The second kappa shape index (κ2) is 11.3. The molecule has 0 spiro atoms. The molecule has 11 heteroatoms. The highest BCUT2D eigenvalue weighted by Gasteiger charge is 2.37. The zero-order valence-electron chi connectivity index (χ0n) is 20.0. The largest absolute Gasteiger partial charge is 0.480 e. The van der Waals surface area contributed by atoms with Crippen molar-refractivity contribution in [2.75, 3.05) is 19.7 Å². The minimum atomic E-state index is -3.81. The van der Waals surface area contributed by atoms with Gasteiger partial charge in [-0.3, -0.25) is 0 Å². The summed E-state index contributed by atoms with van der Waals surface area (Å²) in [5, 5.41) is 21.8. The van der Waals surface area contributed by atoms with E-state index in [4.69, 9.17) is 14.6 Å². The molecule has 196 valence electrons. The molecule has 1 atom stereocenters. The molecule has 3 aromatic rings. The molecule has 0 bridgehead atoms. The predicted octanol–water partition coefficient (Wildman–Crippen LogP) is 4.06. The molecular formula is C26H27NO8S2. The molecule has 1 fully saturated rings. The van der Waals surface area contributed by atoms with Gasteiger partial charge in [-0.15, -0.1) is 11.3 Å². The van der Waals surface area contributed by atoms with Gasteiger partial charge in [0.2, 0.25) is 15.3 Å². The number of hydrogen-bond donors (Lipinski definition) is 3. The van der Waals surface area contributed by atoms with Crippen LogP contribution in [0, 0.1) is 12.8 Å². The fourth-order valence-electron chi connectivity index (χ4n) is 4.34. The monoisotopic (exact) mass is 545 g/mol. The van der Waals surface area contributed by atoms with E-state index in [0.717, 1.165) is 11.3 Å². The van der Waals surface area contributed by atoms with Gasteiger partial charge in [-0.1, -0.05) is 30.3 Å². The average molecular weight is 546 g/mol. The second-order valence-corrected chi connectivity index (χ2v) is 11.7. The third-order valence-corrected chi connectivity index (χ3v) is 9.45. The number of aliphatic carboxylic acids is 1. The Hall–Kier alpha value is -3.41. The van der Waals surface area contributed by atoms with Crippen LogP contribution in [0.3, 0.4) is 0 Å². The van der Waals surface area contributed by atoms with Gasteiger partial charge in [0.1, 0.15) is 11.5 Å². The van der Waals surface area contributed by atoms with Crippen molar-refractivity contribution in [2.45, 2.75) is 30.1 Å². The van der Waals surface area contributed by atoms with E-state index < -0.39 is 33.8 Å². The van der Waals surface area contributed by atoms with Crippen LogP contribution in [0.5, 0.6) is 11.5 Å². The summed E-state index contributed by atoms with van der Waals surface area (Å²) in [5.74, 6) is -2.33. The van der Waals surface area contributed by atoms with Crippen molar-refractivity contribution in [2.24, 2.45) is 5.92 Å². The molecule has 2 heterocycles. The van der Waals surface area contributed by atoms with Gasteiger partial charge < -0.3 is 25.0 Å². The predicted molar refractivity (Wildman–Crippen MR) is 138 cm³/mol. The molecule has 1 aliphatic rings. The van der Waals surface area contributed by atoms with E-state index in [-0.39, 0.29) is 21.4 Å². The zero-order valence-corrected chi connectivity index (χ0v) is 21.7. The molecule has 1 aromatic heterocycles. The van der Waals surface area contributed by atoms with Crippen LogP contribution in [0.1, 0.15) is 28.1 Å². The molecule has 2 aromatic carbocycles. The van der Waals surface area contributed by atoms with Crippen molar-refractivity contribution in [1.82, 2.24) is 5.32 Å². The Morgan fingerprint density at radius 2 is 1.78 bits per heavy atom. The summed E-state index contributed by atoms with van der Waals surface area (Å²) in [7, 11) is -3.81. The van der Waals surface area contributed by atoms with E-state index >= 15 is 0 Å². The van der Waals surface area contributed by atoms with Crippen LogP contribution in [0.2, 0.25) is 0 Å². The number of hydrogen-bond acceptors (Lipinski definition) is 8. The molecule has 0 amide bonds. The Bertz CT molecular complexity index is 1380. The number of rotatable bonds is 10. The summed E-state index contributed by atoms with van der Waals surface area (Å²) < 4.78 is 38.7. The lowest BCUT2D eigenvalue weighted by molar-refractivity contribution is -0.139. The van der Waals surface area contributed by atoms with E-state index in [0.29, 0.717) is 47.7 Å². The second-order valence-electron chi connectivity index (χ2n) is 8.66. The number of carboxylic acids is 2. The Balaban J connectivity index is 1.70. The quantitative estimate of drug-likeness (QED) is 0.344. The van der Waals surface area contributed by atoms with E-state index in [1.165, 1.54) is 0 Å². The molecule has 0 aliphatic carbocycles. The molecule has 1 unspecified atom stereocenters. The van der Waals surface area contributed by atoms with E-state index in [1.807, 2.05) is 0 Å². The van der Waals surface area contributed by atoms with Gasteiger partial charge in [-0.25, -0.2) is 18.0 Å². The minimum Gasteiger partial charge on any atom is -0.480 e. The number of carboxylic acid groups (broad SMARTS) is 2. The normalized spacial score (nSPS) is 15.2. The summed E-state index contributed by atoms with van der Waals surface area (Å²) in [6.07, 6.45) is 1.29. The lowest BCUT2D eigenvalue weighted by Crippen LogP contribution is -2.41. The van der Waals surface area contributed by atoms with Crippen LogP contribution >= 0.6 is 11.3 Å². The maximum absolute atomic E-state index is 13.6. The Morgan fingerprint density at radius 1 is 1.08 bits per heavy atom. The lowest BCUT2D eigenvalue weighted by atomic mass is 9.99. The van der Waals surface area contributed by atoms with Crippen LogP contribution in [0.15, 0.2) is 59.5 Å². The maximum atomic E-state index is 13.6. The Kier molecular flexibility index (Phi) is 8.16. The summed E-state index contributed by atoms with van der Waals surface area (Å²) in [6.45, 7) is 2.37. The van der Waals surface area contributed by atoms with E-state index in [9.17, 15) is 23.1 Å². The standard InChI is InChI=1S/C26H27NO8S2/c1-16-22(34-15-21(28)29)24(25(30)31)36-23(16)18-6-5-7-19(14-18)35-26(17-10-12-27-13-11-17)37(32,33)20-8-3-2-4-9-20/h2-9,14,17,26-27H,10-13,15H2,1H3,(H,28,29)(H,30,31). The third-order valence-electron chi connectivity index (χ3n) is 6.12. The minimum absolute atomic E-state index is 0.000425. The van der Waals surface area contributed by atoms with Crippen molar-refractivity contribution in [3.05, 3.63) is 65.0 Å². The Morgan fingerprint density at radius 3 is 2.43 bits per heavy atom. The van der Waals surface area contributed by atoms with Crippen LogP contribution < -0.4 is 14.8 Å². The summed E-state index contributed by atoms with van der Waals surface area (Å²) >= 11 is 0.958. The number of piperidine rings is 1. The fraction of sp³-hybridized carbons (Fsp3) is 0.308. The number of nitrogens with one attached hydrogen (secondary N) is 1. The van der Waals surface area contributed by atoms with Gasteiger partial charge in [0, 0.05) is 16.4 Å². The third kappa shape index (κ3) is 5.95. The van der Waals surface area contributed by atoms with Crippen molar-refractivity contribution in [3.63, 3.8) is 0 Å². The topological polar surface area (TPSA) is 139 Å². The van der Waals surface area contributed by atoms with Crippen molar-refractivity contribution < 1.29 is 37.7 Å². The molecule has 9 nitrogen and oxygen atoms in total. The van der Waals surface area contributed by atoms with Crippen LogP contribution in [0.4, 0.5) is 0 Å². The maximum Gasteiger partial charge on any atom is 0.349 e. The van der Waals surface area contributed by atoms with Crippen molar-refractivity contribution in [3.8, 4) is 21.9 Å². The first-order chi connectivity index (χ1) is 17.7. The Labute approximate surface area is 218 Å². The number of benzene rings is 2. The number of thiophene rings is 1. The summed E-state index contributed by atoms with van der Waals surface area (Å²) in [4.78, 5) is 23.4. The number of aromatic carboxylic acids is 1. The van der Waals surface area contributed by atoms with Gasteiger partial charge in [0.05, 0.1) is 4.90 Å². The molecule has 1 saturated heterocycles. The average Bonchev–Trinajstić information content (AvgIpc) is 3.23.